The van der Waals surface area contributed by atoms with Crippen molar-refractivity contribution in [1.82, 2.24) is 0 Å². The SMILES string of the molecule is CCC(=O)c1sc(N2CCCCCCC2)cc1N. The van der Waals surface area contributed by atoms with E-state index in [2.05, 4.69) is 4.90 Å². The number of thiophene rings is 1. The molecule has 2 rings (SSSR count). The van der Waals surface area contributed by atoms with E-state index >= 15 is 0 Å². The van der Waals surface area contributed by atoms with Crippen molar-refractivity contribution in [3.63, 3.8) is 0 Å². The van der Waals surface area contributed by atoms with Crippen LogP contribution < -0.4 is 10.6 Å². The van der Waals surface area contributed by atoms with Crippen LogP contribution >= 0.6 is 11.3 Å². The van der Waals surface area contributed by atoms with Gasteiger partial charge in [0.15, 0.2) is 5.78 Å². The number of nitrogens with two attached hydrogens (primary N) is 1. The van der Waals surface area contributed by atoms with Gasteiger partial charge in [-0.25, -0.2) is 0 Å². The molecule has 0 spiro atoms. The van der Waals surface area contributed by atoms with Crippen LogP contribution in [0.4, 0.5) is 10.7 Å². The summed E-state index contributed by atoms with van der Waals surface area (Å²) in [7, 11) is 0. The number of carbonyl (C=O) groups excluding carboxylic acids is 1. The summed E-state index contributed by atoms with van der Waals surface area (Å²) in [5.74, 6) is 0.163. The Bertz CT molecular complexity index is 406. The lowest BCUT2D eigenvalue weighted by atomic mass is 10.1. The Hall–Kier alpha value is -1.03. The second kappa shape index (κ2) is 6.23. The van der Waals surface area contributed by atoms with Crippen LogP contribution in [-0.2, 0) is 0 Å². The number of carbonyl (C=O) groups is 1. The highest BCUT2D eigenvalue weighted by Gasteiger charge is 2.17. The molecular formula is C14H22N2OS. The lowest BCUT2D eigenvalue weighted by molar-refractivity contribution is 0.0993. The summed E-state index contributed by atoms with van der Waals surface area (Å²) in [5.41, 5.74) is 6.61. The molecule has 3 nitrogen and oxygen atoms in total. The summed E-state index contributed by atoms with van der Waals surface area (Å²) in [6.45, 7) is 4.08. The molecule has 0 aliphatic carbocycles. The van der Waals surface area contributed by atoms with Gasteiger partial charge in [-0.2, -0.15) is 0 Å². The van der Waals surface area contributed by atoms with Crippen molar-refractivity contribution >= 4 is 27.8 Å². The minimum absolute atomic E-state index is 0.163. The van der Waals surface area contributed by atoms with E-state index in [0.29, 0.717) is 12.1 Å². The van der Waals surface area contributed by atoms with Crippen molar-refractivity contribution in [3.8, 4) is 0 Å². The molecule has 1 aliphatic heterocycles. The first kappa shape index (κ1) is 13.4. The Balaban J connectivity index is 2.14. The highest BCUT2D eigenvalue weighted by Crippen LogP contribution is 2.34. The number of nitrogens with zero attached hydrogens (tertiary/aromatic N) is 1. The normalized spacial score (nSPS) is 17.3. The Morgan fingerprint density at radius 1 is 1.28 bits per heavy atom. The van der Waals surface area contributed by atoms with Crippen LogP contribution in [0.2, 0.25) is 0 Å². The largest absolute Gasteiger partial charge is 0.397 e. The summed E-state index contributed by atoms with van der Waals surface area (Å²) in [6.07, 6.45) is 7.02. The topological polar surface area (TPSA) is 46.3 Å². The standard InChI is InChI=1S/C14H22N2OS/c1-2-12(17)14-11(15)10-13(18-14)16-8-6-4-3-5-7-9-16/h10H,2-9,15H2,1H3. The van der Waals surface area contributed by atoms with Crippen LogP contribution in [0, 0.1) is 0 Å². The smallest absolute Gasteiger partial charge is 0.174 e. The third-order valence-corrected chi connectivity index (χ3v) is 4.74. The monoisotopic (exact) mass is 266 g/mol. The zero-order valence-corrected chi connectivity index (χ0v) is 11.9. The lowest BCUT2D eigenvalue weighted by Crippen LogP contribution is -2.26. The molecule has 0 aromatic carbocycles. The molecule has 1 fully saturated rings. The van der Waals surface area contributed by atoms with Crippen molar-refractivity contribution in [2.24, 2.45) is 0 Å². The minimum atomic E-state index is 0.163. The van der Waals surface area contributed by atoms with Gasteiger partial charge in [0.05, 0.1) is 15.6 Å². The molecule has 0 atom stereocenters. The molecule has 0 saturated carbocycles. The molecule has 0 bridgehead atoms. The van der Waals surface area contributed by atoms with Crippen LogP contribution in [0.25, 0.3) is 0 Å². The van der Waals surface area contributed by atoms with Gasteiger partial charge in [-0.1, -0.05) is 26.2 Å². The minimum Gasteiger partial charge on any atom is -0.397 e. The zero-order valence-electron chi connectivity index (χ0n) is 11.1. The summed E-state index contributed by atoms with van der Waals surface area (Å²) in [5, 5.41) is 1.17. The zero-order chi connectivity index (χ0) is 13.0. The van der Waals surface area contributed by atoms with Crippen molar-refractivity contribution in [1.29, 1.82) is 0 Å². The molecule has 18 heavy (non-hydrogen) atoms. The van der Waals surface area contributed by atoms with Gasteiger partial charge in [-0.05, 0) is 18.9 Å². The van der Waals surface area contributed by atoms with E-state index in [-0.39, 0.29) is 5.78 Å². The maximum atomic E-state index is 11.8. The van der Waals surface area contributed by atoms with Crippen LogP contribution in [0.3, 0.4) is 0 Å². The summed E-state index contributed by atoms with van der Waals surface area (Å²) in [6, 6.07) is 1.98. The van der Waals surface area contributed by atoms with E-state index < -0.39 is 0 Å². The van der Waals surface area contributed by atoms with Gasteiger partial charge in [0.2, 0.25) is 0 Å². The van der Waals surface area contributed by atoms with Gasteiger partial charge in [0.1, 0.15) is 0 Å². The van der Waals surface area contributed by atoms with E-state index in [1.165, 1.54) is 37.1 Å². The molecule has 2 N–H and O–H groups in total. The first-order chi connectivity index (χ1) is 8.72. The maximum absolute atomic E-state index is 11.8. The van der Waals surface area contributed by atoms with Crippen LogP contribution in [-0.4, -0.2) is 18.9 Å². The van der Waals surface area contributed by atoms with Crippen molar-refractivity contribution < 1.29 is 4.79 Å². The highest BCUT2D eigenvalue weighted by molar-refractivity contribution is 7.18. The first-order valence-electron chi connectivity index (χ1n) is 6.90. The Labute approximate surface area is 113 Å². The Morgan fingerprint density at radius 3 is 2.50 bits per heavy atom. The van der Waals surface area contributed by atoms with Gasteiger partial charge in [-0.15, -0.1) is 11.3 Å². The van der Waals surface area contributed by atoms with E-state index in [1.54, 1.807) is 11.3 Å². The van der Waals surface area contributed by atoms with E-state index in [1.807, 2.05) is 13.0 Å². The predicted molar refractivity (Wildman–Crippen MR) is 78.7 cm³/mol. The van der Waals surface area contributed by atoms with Gasteiger partial charge in [0, 0.05) is 19.5 Å². The number of Topliss-reactive ketones (excluding diaryl/α,β-unsaturated/α-hetero) is 1. The van der Waals surface area contributed by atoms with Gasteiger partial charge in [0.25, 0.3) is 0 Å². The molecule has 1 aliphatic rings. The average Bonchev–Trinajstić information content (AvgIpc) is 2.70. The van der Waals surface area contributed by atoms with E-state index in [0.717, 1.165) is 18.0 Å². The second-order valence-corrected chi connectivity index (χ2v) is 5.93. The number of rotatable bonds is 3. The molecule has 0 unspecified atom stereocenters. The van der Waals surface area contributed by atoms with Gasteiger partial charge in [-0.3, -0.25) is 4.79 Å². The fraction of sp³-hybridized carbons (Fsp3) is 0.643. The second-order valence-electron chi connectivity index (χ2n) is 4.90. The van der Waals surface area contributed by atoms with Crippen molar-refractivity contribution in [3.05, 3.63) is 10.9 Å². The lowest BCUT2D eigenvalue weighted by Gasteiger charge is -2.25. The molecule has 4 heteroatoms. The third-order valence-electron chi connectivity index (χ3n) is 3.49. The molecule has 1 aromatic rings. The van der Waals surface area contributed by atoms with Gasteiger partial charge >= 0.3 is 0 Å². The van der Waals surface area contributed by atoms with Crippen molar-refractivity contribution in [2.45, 2.75) is 45.4 Å². The maximum Gasteiger partial charge on any atom is 0.174 e. The molecule has 100 valence electrons. The number of nitrogen functional groups attached to an aromatic ring is 1. The number of ketones is 1. The fourth-order valence-electron chi connectivity index (χ4n) is 2.39. The molecule has 1 aromatic heterocycles. The van der Waals surface area contributed by atoms with Crippen LogP contribution in [0.5, 0.6) is 0 Å². The molecule has 1 saturated heterocycles. The molecule has 0 amide bonds. The number of hydrogen-bond acceptors (Lipinski definition) is 4. The predicted octanol–water partition coefficient (Wildman–Crippen LogP) is 3.69. The molecule has 2 heterocycles. The number of anilines is 2. The summed E-state index contributed by atoms with van der Waals surface area (Å²) < 4.78 is 0. The third kappa shape index (κ3) is 3.05. The highest BCUT2D eigenvalue weighted by atomic mass is 32.1. The van der Waals surface area contributed by atoms with E-state index in [9.17, 15) is 4.79 Å². The van der Waals surface area contributed by atoms with Crippen molar-refractivity contribution in [2.75, 3.05) is 23.7 Å². The first-order valence-corrected chi connectivity index (χ1v) is 7.71. The molecule has 0 radical (unpaired) electrons. The summed E-state index contributed by atoms with van der Waals surface area (Å²) in [4.78, 5) is 14.9. The number of hydrogen-bond donors (Lipinski definition) is 1. The quantitative estimate of drug-likeness (QED) is 0.849. The van der Waals surface area contributed by atoms with Gasteiger partial charge < -0.3 is 10.6 Å². The van der Waals surface area contributed by atoms with Crippen LogP contribution in [0.1, 0.15) is 55.1 Å². The Kier molecular flexibility index (Phi) is 4.64. The molecular weight excluding hydrogens is 244 g/mol. The van der Waals surface area contributed by atoms with Crippen LogP contribution in [0.15, 0.2) is 6.07 Å². The summed E-state index contributed by atoms with van der Waals surface area (Å²) >= 11 is 1.57. The van der Waals surface area contributed by atoms with E-state index in [4.69, 9.17) is 5.73 Å². The average molecular weight is 266 g/mol. The Morgan fingerprint density at radius 2 is 1.89 bits per heavy atom. The fourth-order valence-corrected chi connectivity index (χ4v) is 3.54.